The van der Waals surface area contributed by atoms with Gasteiger partial charge in [-0.1, -0.05) is 30.3 Å². The van der Waals surface area contributed by atoms with Gasteiger partial charge in [-0.15, -0.1) is 0 Å². The van der Waals surface area contributed by atoms with Crippen LogP contribution in [0.1, 0.15) is 5.56 Å². The van der Waals surface area contributed by atoms with E-state index >= 15 is 0 Å². The Kier molecular flexibility index (Phi) is 2.48. The van der Waals surface area contributed by atoms with Gasteiger partial charge >= 0.3 is 0 Å². The molecule has 0 fully saturated rings. The summed E-state index contributed by atoms with van der Waals surface area (Å²) in [4.78, 5) is 13.5. The maximum atomic E-state index is 10.1. The number of hydrogen-bond donors (Lipinski definition) is 1. The molecule has 0 radical (unpaired) electrons. The lowest BCUT2D eigenvalue weighted by atomic mass is 10.0. The summed E-state index contributed by atoms with van der Waals surface area (Å²) in [5, 5.41) is 11.6. The zero-order chi connectivity index (χ0) is 10.7. The Morgan fingerprint density at radius 1 is 1.20 bits per heavy atom. The summed E-state index contributed by atoms with van der Waals surface area (Å²) in [7, 11) is 0. The van der Waals surface area contributed by atoms with E-state index in [0.717, 1.165) is 10.8 Å². The van der Waals surface area contributed by atoms with Crippen molar-refractivity contribution in [2.24, 2.45) is 4.99 Å². The molecule has 0 aliphatic carbocycles. The van der Waals surface area contributed by atoms with E-state index in [1.54, 1.807) is 6.07 Å². The van der Waals surface area contributed by atoms with Gasteiger partial charge in [-0.3, -0.25) is 0 Å². The normalized spacial score (nSPS) is 9.87. The van der Waals surface area contributed by atoms with Crippen molar-refractivity contribution < 1.29 is 9.90 Å². The van der Waals surface area contributed by atoms with Crippen molar-refractivity contribution in [3.8, 4) is 5.75 Å². The third-order valence-electron chi connectivity index (χ3n) is 2.32. The Hall–Kier alpha value is -2.12. The molecule has 0 saturated carbocycles. The SMILES string of the molecule is O=C=NCc1c(O)ccc2ccccc12. The van der Waals surface area contributed by atoms with Crippen LogP contribution in [0.5, 0.6) is 5.75 Å². The van der Waals surface area contributed by atoms with Crippen molar-refractivity contribution in [2.45, 2.75) is 6.54 Å². The molecular formula is C12H9NO2. The summed E-state index contributed by atoms with van der Waals surface area (Å²) in [6.07, 6.45) is 1.47. The second kappa shape index (κ2) is 3.95. The molecule has 15 heavy (non-hydrogen) atoms. The van der Waals surface area contributed by atoms with Crippen molar-refractivity contribution in [2.75, 3.05) is 0 Å². The van der Waals surface area contributed by atoms with Crippen molar-refractivity contribution in [3.05, 3.63) is 42.0 Å². The van der Waals surface area contributed by atoms with E-state index < -0.39 is 0 Å². The fraction of sp³-hybridized carbons (Fsp3) is 0.0833. The number of aromatic hydroxyl groups is 1. The van der Waals surface area contributed by atoms with Gasteiger partial charge in [0.1, 0.15) is 5.75 Å². The zero-order valence-electron chi connectivity index (χ0n) is 7.97. The van der Waals surface area contributed by atoms with Crippen LogP contribution in [-0.4, -0.2) is 11.2 Å². The smallest absolute Gasteiger partial charge is 0.235 e. The Morgan fingerprint density at radius 3 is 2.80 bits per heavy atom. The average Bonchev–Trinajstić information content (AvgIpc) is 2.28. The first-order chi connectivity index (χ1) is 7.33. The van der Waals surface area contributed by atoms with Gasteiger partial charge in [0.15, 0.2) is 0 Å². The molecule has 0 bridgehead atoms. The van der Waals surface area contributed by atoms with Crippen LogP contribution in [0.2, 0.25) is 0 Å². The second-order valence-electron chi connectivity index (χ2n) is 3.19. The number of rotatable bonds is 2. The lowest BCUT2D eigenvalue weighted by Crippen LogP contribution is -1.85. The van der Waals surface area contributed by atoms with Gasteiger partial charge in [0.2, 0.25) is 6.08 Å². The standard InChI is InChI=1S/C12H9NO2/c14-8-13-7-11-10-4-2-1-3-9(10)5-6-12(11)15/h1-6,15H,7H2. The number of fused-ring (bicyclic) bond motifs is 1. The van der Waals surface area contributed by atoms with E-state index in [1.807, 2.05) is 30.3 Å². The molecule has 74 valence electrons. The molecule has 2 aromatic rings. The molecule has 0 aliphatic rings. The van der Waals surface area contributed by atoms with Gasteiger partial charge < -0.3 is 5.11 Å². The molecule has 0 atom stereocenters. The predicted molar refractivity (Wildman–Crippen MR) is 57.4 cm³/mol. The molecule has 2 rings (SSSR count). The molecule has 0 aromatic heterocycles. The first kappa shape index (κ1) is 9.44. The Labute approximate surface area is 86.7 Å². The Balaban J connectivity index is 2.67. The molecule has 0 amide bonds. The number of aliphatic imine (C=N–C) groups is 1. The topological polar surface area (TPSA) is 49.7 Å². The van der Waals surface area contributed by atoms with Gasteiger partial charge in [-0.2, -0.15) is 0 Å². The highest BCUT2D eigenvalue weighted by atomic mass is 16.3. The molecule has 3 nitrogen and oxygen atoms in total. The van der Waals surface area contributed by atoms with Crippen molar-refractivity contribution in [3.63, 3.8) is 0 Å². The minimum atomic E-state index is 0.160. The number of isocyanates is 1. The van der Waals surface area contributed by atoms with Crippen LogP contribution in [-0.2, 0) is 11.3 Å². The van der Waals surface area contributed by atoms with Crippen LogP contribution in [0, 0.1) is 0 Å². The molecule has 0 heterocycles. The van der Waals surface area contributed by atoms with Crippen molar-refractivity contribution >= 4 is 16.9 Å². The quantitative estimate of drug-likeness (QED) is 0.596. The third kappa shape index (κ3) is 1.73. The third-order valence-corrected chi connectivity index (χ3v) is 2.32. The molecular weight excluding hydrogens is 190 g/mol. The summed E-state index contributed by atoms with van der Waals surface area (Å²) < 4.78 is 0. The van der Waals surface area contributed by atoms with Gasteiger partial charge in [-0.05, 0) is 16.8 Å². The Bertz CT molecular complexity index is 542. The average molecular weight is 199 g/mol. The monoisotopic (exact) mass is 199 g/mol. The van der Waals surface area contributed by atoms with E-state index in [1.165, 1.54) is 6.08 Å². The van der Waals surface area contributed by atoms with Gasteiger partial charge in [-0.25, -0.2) is 9.79 Å². The molecule has 0 spiro atoms. The minimum absolute atomic E-state index is 0.160. The summed E-state index contributed by atoms with van der Waals surface area (Å²) in [5.74, 6) is 0.160. The molecule has 3 heteroatoms. The predicted octanol–water partition coefficient (Wildman–Crippen LogP) is 2.38. The molecule has 2 aromatic carbocycles. The van der Waals surface area contributed by atoms with Crippen molar-refractivity contribution in [1.29, 1.82) is 0 Å². The second-order valence-corrected chi connectivity index (χ2v) is 3.19. The number of carbonyl (C=O) groups excluding carboxylic acids is 1. The zero-order valence-corrected chi connectivity index (χ0v) is 7.97. The summed E-state index contributed by atoms with van der Waals surface area (Å²) >= 11 is 0. The molecule has 0 aliphatic heterocycles. The van der Waals surface area contributed by atoms with E-state index in [0.29, 0.717) is 5.56 Å². The van der Waals surface area contributed by atoms with Crippen LogP contribution in [0.25, 0.3) is 10.8 Å². The summed E-state index contributed by atoms with van der Waals surface area (Å²) in [6, 6.07) is 11.1. The first-order valence-corrected chi connectivity index (χ1v) is 4.56. The number of benzene rings is 2. The molecule has 0 saturated heterocycles. The Morgan fingerprint density at radius 2 is 2.00 bits per heavy atom. The fourth-order valence-corrected chi connectivity index (χ4v) is 1.60. The number of phenolic OH excluding ortho intramolecular Hbond substituents is 1. The van der Waals surface area contributed by atoms with E-state index in [4.69, 9.17) is 0 Å². The van der Waals surface area contributed by atoms with Crippen LogP contribution in [0.3, 0.4) is 0 Å². The summed E-state index contributed by atoms with van der Waals surface area (Å²) in [5.41, 5.74) is 0.663. The van der Waals surface area contributed by atoms with Gasteiger partial charge in [0.25, 0.3) is 0 Å². The maximum absolute atomic E-state index is 10.1. The molecule has 1 N–H and O–H groups in total. The lowest BCUT2D eigenvalue weighted by Gasteiger charge is -2.05. The fourth-order valence-electron chi connectivity index (χ4n) is 1.60. The number of phenols is 1. The van der Waals surface area contributed by atoms with Gasteiger partial charge in [0, 0.05) is 5.56 Å². The highest BCUT2D eigenvalue weighted by Gasteiger charge is 2.05. The maximum Gasteiger partial charge on any atom is 0.235 e. The van der Waals surface area contributed by atoms with Gasteiger partial charge in [0.05, 0.1) is 6.54 Å². The van der Waals surface area contributed by atoms with E-state index in [-0.39, 0.29) is 12.3 Å². The van der Waals surface area contributed by atoms with Crippen LogP contribution in [0.15, 0.2) is 41.4 Å². The van der Waals surface area contributed by atoms with E-state index in [9.17, 15) is 9.90 Å². The van der Waals surface area contributed by atoms with Crippen molar-refractivity contribution in [1.82, 2.24) is 0 Å². The number of nitrogens with zero attached hydrogens (tertiary/aromatic N) is 1. The van der Waals surface area contributed by atoms with E-state index in [2.05, 4.69) is 4.99 Å². The minimum Gasteiger partial charge on any atom is -0.508 e. The van der Waals surface area contributed by atoms with Crippen LogP contribution >= 0.6 is 0 Å². The van der Waals surface area contributed by atoms with Crippen LogP contribution < -0.4 is 0 Å². The first-order valence-electron chi connectivity index (χ1n) is 4.56. The molecule has 0 unspecified atom stereocenters. The highest BCUT2D eigenvalue weighted by molar-refractivity contribution is 5.87. The largest absolute Gasteiger partial charge is 0.508 e. The lowest BCUT2D eigenvalue weighted by molar-refractivity contribution is 0.469. The number of hydrogen-bond acceptors (Lipinski definition) is 3. The van der Waals surface area contributed by atoms with Crippen LogP contribution in [0.4, 0.5) is 0 Å². The summed E-state index contributed by atoms with van der Waals surface area (Å²) in [6.45, 7) is 0.163. The highest BCUT2D eigenvalue weighted by Crippen LogP contribution is 2.27.